The number of aryl methyl sites for hydroxylation is 1. The van der Waals surface area contributed by atoms with Crippen LogP contribution in [-0.4, -0.2) is 0 Å². The molecule has 0 saturated heterocycles. The van der Waals surface area contributed by atoms with Crippen LogP contribution in [0.2, 0.25) is 0 Å². The number of hydrogen-bond donors (Lipinski definition) is 2. The second-order valence-corrected chi connectivity index (χ2v) is 4.81. The molecular formula is C13H15FN2S. The lowest BCUT2D eigenvalue weighted by Gasteiger charge is -2.17. The van der Waals surface area contributed by atoms with Crippen molar-refractivity contribution in [2.45, 2.75) is 19.4 Å². The highest BCUT2D eigenvalue weighted by molar-refractivity contribution is 7.07. The SMILES string of the molecule is Cc1cccc(C(Cc2ccsc2)NN)c1F. The zero-order valence-corrected chi connectivity index (χ0v) is 10.4. The van der Waals surface area contributed by atoms with Crippen molar-refractivity contribution in [1.29, 1.82) is 0 Å². The van der Waals surface area contributed by atoms with Crippen LogP contribution in [0.3, 0.4) is 0 Å². The Morgan fingerprint density at radius 1 is 1.41 bits per heavy atom. The number of nitrogens with two attached hydrogens (primary N) is 1. The summed E-state index contributed by atoms with van der Waals surface area (Å²) in [4.78, 5) is 0. The molecule has 2 rings (SSSR count). The molecule has 1 atom stereocenters. The summed E-state index contributed by atoms with van der Waals surface area (Å²) in [5.74, 6) is 5.35. The van der Waals surface area contributed by atoms with E-state index in [0.717, 1.165) is 0 Å². The second-order valence-electron chi connectivity index (χ2n) is 4.03. The summed E-state index contributed by atoms with van der Waals surface area (Å²) in [5.41, 5.74) is 5.13. The monoisotopic (exact) mass is 250 g/mol. The average molecular weight is 250 g/mol. The van der Waals surface area contributed by atoms with Gasteiger partial charge in [-0.3, -0.25) is 11.3 Å². The largest absolute Gasteiger partial charge is 0.271 e. The molecule has 0 bridgehead atoms. The molecule has 1 aromatic carbocycles. The normalized spacial score (nSPS) is 12.6. The quantitative estimate of drug-likeness (QED) is 0.647. The van der Waals surface area contributed by atoms with Crippen molar-refractivity contribution in [2.75, 3.05) is 0 Å². The highest BCUT2D eigenvalue weighted by Gasteiger charge is 2.16. The van der Waals surface area contributed by atoms with Gasteiger partial charge in [-0.2, -0.15) is 11.3 Å². The van der Waals surface area contributed by atoms with Gasteiger partial charge in [0, 0.05) is 5.56 Å². The van der Waals surface area contributed by atoms with E-state index >= 15 is 0 Å². The minimum absolute atomic E-state index is 0.175. The van der Waals surface area contributed by atoms with Crippen molar-refractivity contribution in [2.24, 2.45) is 5.84 Å². The third-order valence-corrected chi connectivity index (χ3v) is 3.55. The molecule has 0 saturated carbocycles. The number of nitrogens with one attached hydrogen (secondary N) is 1. The Labute approximate surface area is 104 Å². The summed E-state index contributed by atoms with van der Waals surface area (Å²) in [6, 6.07) is 7.23. The first kappa shape index (κ1) is 12.2. The molecule has 0 spiro atoms. The molecule has 1 aromatic heterocycles. The van der Waals surface area contributed by atoms with E-state index in [1.807, 2.05) is 17.5 Å². The van der Waals surface area contributed by atoms with Crippen LogP contribution in [0.1, 0.15) is 22.7 Å². The Balaban J connectivity index is 2.26. The van der Waals surface area contributed by atoms with Gasteiger partial charge >= 0.3 is 0 Å². The molecule has 0 aliphatic carbocycles. The molecular weight excluding hydrogens is 235 g/mol. The van der Waals surface area contributed by atoms with Gasteiger partial charge in [-0.15, -0.1) is 0 Å². The topological polar surface area (TPSA) is 38.0 Å². The smallest absolute Gasteiger partial charge is 0.130 e. The van der Waals surface area contributed by atoms with Gasteiger partial charge in [0.2, 0.25) is 0 Å². The first-order valence-electron chi connectivity index (χ1n) is 5.44. The van der Waals surface area contributed by atoms with Crippen LogP contribution < -0.4 is 11.3 Å². The highest BCUT2D eigenvalue weighted by Crippen LogP contribution is 2.23. The minimum atomic E-state index is -0.190. The molecule has 4 heteroatoms. The van der Waals surface area contributed by atoms with Crippen LogP contribution in [0.15, 0.2) is 35.0 Å². The first-order chi connectivity index (χ1) is 8.22. The lowest BCUT2D eigenvalue weighted by molar-refractivity contribution is 0.508. The molecule has 17 heavy (non-hydrogen) atoms. The van der Waals surface area contributed by atoms with Gasteiger partial charge in [0.05, 0.1) is 6.04 Å². The van der Waals surface area contributed by atoms with Gasteiger partial charge in [-0.25, -0.2) is 4.39 Å². The molecule has 0 amide bonds. The molecule has 2 nitrogen and oxygen atoms in total. The van der Waals surface area contributed by atoms with Crippen LogP contribution in [-0.2, 0) is 6.42 Å². The fourth-order valence-corrected chi connectivity index (χ4v) is 2.52. The maximum absolute atomic E-state index is 14.0. The van der Waals surface area contributed by atoms with Gasteiger partial charge < -0.3 is 0 Å². The van der Waals surface area contributed by atoms with E-state index in [0.29, 0.717) is 17.5 Å². The van der Waals surface area contributed by atoms with Crippen LogP contribution >= 0.6 is 11.3 Å². The Kier molecular flexibility index (Phi) is 3.89. The van der Waals surface area contributed by atoms with E-state index in [1.165, 1.54) is 5.56 Å². The van der Waals surface area contributed by atoms with Crippen LogP contribution in [0, 0.1) is 12.7 Å². The van der Waals surface area contributed by atoms with E-state index < -0.39 is 0 Å². The predicted molar refractivity (Wildman–Crippen MR) is 69.2 cm³/mol. The summed E-state index contributed by atoms with van der Waals surface area (Å²) >= 11 is 1.63. The Hall–Kier alpha value is -1.23. The zero-order chi connectivity index (χ0) is 12.3. The molecule has 0 aliphatic rings. The van der Waals surface area contributed by atoms with E-state index in [2.05, 4.69) is 10.8 Å². The fourth-order valence-electron chi connectivity index (χ4n) is 1.84. The third kappa shape index (κ3) is 2.72. The van der Waals surface area contributed by atoms with E-state index in [9.17, 15) is 4.39 Å². The highest BCUT2D eigenvalue weighted by atomic mass is 32.1. The predicted octanol–water partition coefficient (Wildman–Crippen LogP) is 2.94. The van der Waals surface area contributed by atoms with Crippen molar-refractivity contribution in [3.05, 3.63) is 57.5 Å². The van der Waals surface area contributed by atoms with Crippen molar-refractivity contribution in [1.82, 2.24) is 5.43 Å². The van der Waals surface area contributed by atoms with Crippen LogP contribution in [0.5, 0.6) is 0 Å². The molecule has 3 N–H and O–H groups in total. The van der Waals surface area contributed by atoms with Gasteiger partial charge in [0.25, 0.3) is 0 Å². The first-order valence-corrected chi connectivity index (χ1v) is 6.39. The number of benzene rings is 1. The van der Waals surface area contributed by atoms with E-state index in [1.54, 1.807) is 30.4 Å². The molecule has 0 fully saturated rings. The number of rotatable bonds is 4. The summed E-state index contributed by atoms with van der Waals surface area (Å²) in [6.45, 7) is 1.76. The molecule has 0 aliphatic heterocycles. The number of thiophene rings is 1. The second kappa shape index (κ2) is 5.40. The number of halogens is 1. The zero-order valence-electron chi connectivity index (χ0n) is 9.61. The van der Waals surface area contributed by atoms with Crippen molar-refractivity contribution >= 4 is 11.3 Å². The molecule has 1 unspecified atom stereocenters. The van der Waals surface area contributed by atoms with Crippen molar-refractivity contribution in [3.63, 3.8) is 0 Å². The Morgan fingerprint density at radius 3 is 2.88 bits per heavy atom. The Morgan fingerprint density at radius 2 is 2.24 bits per heavy atom. The van der Waals surface area contributed by atoms with Gasteiger partial charge in [0.1, 0.15) is 5.82 Å². The van der Waals surface area contributed by atoms with Gasteiger partial charge in [0.15, 0.2) is 0 Å². The summed E-state index contributed by atoms with van der Waals surface area (Å²) in [5, 5.41) is 4.06. The van der Waals surface area contributed by atoms with E-state index in [4.69, 9.17) is 5.84 Å². The minimum Gasteiger partial charge on any atom is -0.271 e. The maximum atomic E-state index is 14.0. The van der Waals surface area contributed by atoms with Gasteiger partial charge in [-0.1, -0.05) is 18.2 Å². The van der Waals surface area contributed by atoms with Crippen LogP contribution in [0.25, 0.3) is 0 Å². The van der Waals surface area contributed by atoms with Crippen molar-refractivity contribution < 1.29 is 4.39 Å². The standard InChI is InChI=1S/C13H15FN2S/c1-9-3-2-4-11(13(9)14)12(16-15)7-10-5-6-17-8-10/h2-6,8,12,16H,7,15H2,1H3. The maximum Gasteiger partial charge on any atom is 0.130 e. The molecule has 0 radical (unpaired) electrons. The summed E-state index contributed by atoms with van der Waals surface area (Å²) < 4.78 is 14.0. The average Bonchev–Trinajstić information content (AvgIpc) is 2.83. The van der Waals surface area contributed by atoms with Crippen LogP contribution in [0.4, 0.5) is 4.39 Å². The summed E-state index contributed by atoms with van der Waals surface area (Å²) in [7, 11) is 0. The van der Waals surface area contributed by atoms with E-state index in [-0.39, 0.29) is 11.9 Å². The molecule has 2 aromatic rings. The lowest BCUT2D eigenvalue weighted by Crippen LogP contribution is -2.30. The molecule has 90 valence electrons. The summed E-state index contributed by atoms with van der Waals surface area (Å²) in [6.07, 6.45) is 0.695. The molecule has 1 heterocycles. The number of hydrogen-bond acceptors (Lipinski definition) is 3. The third-order valence-electron chi connectivity index (χ3n) is 2.82. The number of hydrazine groups is 1. The van der Waals surface area contributed by atoms with Crippen molar-refractivity contribution in [3.8, 4) is 0 Å². The van der Waals surface area contributed by atoms with Gasteiger partial charge in [-0.05, 0) is 41.3 Å². The lowest BCUT2D eigenvalue weighted by atomic mass is 9.99. The Bertz CT molecular complexity index is 482. The fraction of sp³-hybridized carbons (Fsp3) is 0.231.